The Hall–Kier alpha value is -4.66. The van der Waals surface area contributed by atoms with Crippen LogP contribution < -0.4 is 15.0 Å². The molecular weight excluding hydrogens is 442 g/mol. The number of nitrogens with one attached hydrogen (secondary N) is 2. The predicted molar refractivity (Wildman–Crippen MR) is 137 cm³/mol. The zero-order chi connectivity index (χ0) is 24.6. The number of benzene rings is 2. The zero-order valence-corrected chi connectivity index (χ0v) is 19.8. The van der Waals surface area contributed by atoms with Gasteiger partial charge in [-0.3, -0.25) is 9.89 Å². The van der Waals surface area contributed by atoms with E-state index < -0.39 is 0 Å². The second kappa shape index (κ2) is 11.0. The molecule has 0 radical (unpaired) electrons. The highest BCUT2D eigenvalue weighted by Gasteiger charge is 2.14. The van der Waals surface area contributed by atoms with E-state index in [0.717, 1.165) is 41.3 Å². The lowest BCUT2D eigenvalue weighted by molar-refractivity contribution is 0.111. The minimum atomic E-state index is 0.347. The maximum Gasteiger partial charge on any atom is 0.170 e. The summed E-state index contributed by atoms with van der Waals surface area (Å²) in [5, 5.41) is 14.1. The lowest BCUT2D eigenvalue weighted by Gasteiger charge is -2.19. The second-order valence-corrected chi connectivity index (χ2v) is 7.77. The quantitative estimate of drug-likeness (QED) is 0.343. The molecule has 9 heteroatoms. The Morgan fingerprint density at radius 2 is 1.94 bits per heavy atom. The molecule has 2 N–H and O–H groups in total. The van der Waals surface area contributed by atoms with Crippen LogP contribution in [0.3, 0.4) is 0 Å². The third kappa shape index (κ3) is 5.64. The molecule has 0 spiro atoms. The van der Waals surface area contributed by atoms with E-state index in [-0.39, 0.29) is 0 Å². The summed E-state index contributed by atoms with van der Waals surface area (Å²) in [5.41, 5.74) is 4.93. The number of hydrogen-bond acceptors (Lipinski definition) is 7. The molecule has 3 heterocycles. The number of methoxy groups -OCH3 is 1. The van der Waals surface area contributed by atoms with Crippen LogP contribution in [-0.2, 0) is 6.54 Å². The molecular formula is C26H27N7O2. The third-order valence-corrected chi connectivity index (χ3v) is 5.36. The van der Waals surface area contributed by atoms with Crippen LogP contribution in [0, 0.1) is 0 Å². The summed E-state index contributed by atoms with van der Waals surface area (Å²) in [5.74, 6) is 1.68. The van der Waals surface area contributed by atoms with E-state index in [9.17, 15) is 4.79 Å². The highest BCUT2D eigenvalue weighted by Crippen LogP contribution is 2.24. The topological polar surface area (TPSA) is 100 Å². The summed E-state index contributed by atoms with van der Waals surface area (Å²) >= 11 is 0. The molecule has 2 aromatic carbocycles. The van der Waals surface area contributed by atoms with Gasteiger partial charge in [0.15, 0.2) is 11.9 Å². The first-order valence-electron chi connectivity index (χ1n) is 11.0. The summed E-state index contributed by atoms with van der Waals surface area (Å²) in [6.07, 6.45) is 4.23. The van der Waals surface area contributed by atoms with Crippen molar-refractivity contribution in [2.45, 2.75) is 6.54 Å². The van der Waals surface area contributed by atoms with Gasteiger partial charge in [0.1, 0.15) is 17.3 Å². The Bertz CT molecular complexity index is 1360. The van der Waals surface area contributed by atoms with E-state index in [0.29, 0.717) is 11.3 Å². The third-order valence-electron chi connectivity index (χ3n) is 5.36. The number of anilines is 2. The summed E-state index contributed by atoms with van der Waals surface area (Å²) in [7, 11) is 5.53. The minimum Gasteiger partial charge on any atom is -0.497 e. The Morgan fingerprint density at radius 3 is 2.63 bits per heavy atom. The van der Waals surface area contributed by atoms with Gasteiger partial charge in [-0.1, -0.05) is 36.4 Å². The fourth-order valence-electron chi connectivity index (χ4n) is 3.55. The summed E-state index contributed by atoms with van der Waals surface area (Å²) in [6, 6.07) is 21.6. The van der Waals surface area contributed by atoms with Crippen LogP contribution in [0.1, 0.15) is 16.1 Å². The van der Waals surface area contributed by atoms with Crippen molar-refractivity contribution in [3.05, 3.63) is 90.4 Å². The van der Waals surface area contributed by atoms with Gasteiger partial charge in [-0.05, 0) is 17.7 Å². The summed E-state index contributed by atoms with van der Waals surface area (Å²) in [6.45, 7) is 0.726. The van der Waals surface area contributed by atoms with E-state index in [2.05, 4.69) is 42.6 Å². The number of carbonyl (C=O) groups excluding carboxylic acids is 1. The monoisotopic (exact) mass is 469 g/mol. The standard InChI is InChI=1S/C18H16N6O.C8H11NO/c1-23(11-13-5-3-2-4-6-13)17-8-16(14-9-19-20-10-14)24-18(21-17)7-15(12-25)22-24;1-9-7-4-3-5-8(6-7)10-2/h2-10,12H,11H2,1H3,(H,19,20);3-6,9H,1-2H3. The Kier molecular flexibility index (Phi) is 7.37. The molecule has 35 heavy (non-hydrogen) atoms. The molecule has 0 aliphatic rings. The molecule has 3 aromatic heterocycles. The molecule has 0 saturated carbocycles. The average Bonchev–Trinajstić information content (AvgIpc) is 3.59. The van der Waals surface area contributed by atoms with Crippen LogP contribution in [0.5, 0.6) is 5.75 Å². The van der Waals surface area contributed by atoms with Gasteiger partial charge in [0.2, 0.25) is 0 Å². The van der Waals surface area contributed by atoms with Crippen LogP contribution in [0.15, 0.2) is 79.1 Å². The van der Waals surface area contributed by atoms with E-state index in [1.807, 2.05) is 62.6 Å². The van der Waals surface area contributed by atoms with Crippen molar-refractivity contribution < 1.29 is 9.53 Å². The number of nitrogens with zero attached hydrogens (tertiary/aromatic N) is 5. The molecule has 9 nitrogen and oxygen atoms in total. The van der Waals surface area contributed by atoms with Gasteiger partial charge in [-0.2, -0.15) is 10.2 Å². The van der Waals surface area contributed by atoms with E-state index >= 15 is 0 Å². The molecule has 0 unspecified atom stereocenters. The summed E-state index contributed by atoms with van der Waals surface area (Å²) < 4.78 is 6.68. The zero-order valence-electron chi connectivity index (χ0n) is 19.8. The fraction of sp³-hybridized carbons (Fsp3) is 0.154. The number of aromatic amines is 1. The van der Waals surface area contributed by atoms with Crippen molar-refractivity contribution in [2.24, 2.45) is 0 Å². The molecule has 0 aliphatic carbocycles. The van der Waals surface area contributed by atoms with Gasteiger partial charge in [0.25, 0.3) is 0 Å². The highest BCUT2D eigenvalue weighted by molar-refractivity contribution is 5.76. The molecule has 0 aliphatic heterocycles. The average molecular weight is 470 g/mol. The van der Waals surface area contributed by atoms with Crippen molar-refractivity contribution in [3.63, 3.8) is 0 Å². The summed E-state index contributed by atoms with van der Waals surface area (Å²) in [4.78, 5) is 17.8. The first-order chi connectivity index (χ1) is 17.1. The van der Waals surface area contributed by atoms with E-state index in [4.69, 9.17) is 4.74 Å². The fourth-order valence-corrected chi connectivity index (χ4v) is 3.55. The number of hydrogen-bond donors (Lipinski definition) is 2. The van der Waals surface area contributed by atoms with E-state index in [1.165, 1.54) is 5.56 Å². The minimum absolute atomic E-state index is 0.347. The SMILES string of the molecule is CN(Cc1ccccc1)c1cc(-c2cn[nH]c2)n2nc(C=O)cc2n1.CNc1cccc(OC)c1. The van der Waals surface area contributed by atoms with Gasteiger partial charge < -0.3 is 15.0 Å². The normalized spacial score (nSPS) is 10.4. The molecule has 0 fully saturated rings. The second-order valence-electron chi connectivity index (χ2n) is 7.77. The van der Waals surface area contributed by atoms with Gasteiger partial charge >= 0.3 is 0 Å². The van der Waals surface area contributed by atoms with Crippen molar-refractivity contribution in [2.75, 3.05) is 31.4 Å². The number of aldehydes is 1. The molecule has 0 saturated heterocycles. The van der Waals surface area contributed by atoms with E-state index in [1.54, 1.807) is 30.1 Å². The first kappa shape index (κ1) is 23.5. The number of rotatable bonds is 7. The van der Waals surface area contributed by atoms with Crippen LogP contribution in [-0.4, -0.2) is 52.3 Å². The molecule has 0 amide bonds. The maximum absolute atomic E-state index is 11.1. The Morgan fingerprint density at radius 1 is 1.11 bits per heavy atom. The Balaban J connectivity index is 0.000000243. The lowest BCUT2D eigenvalue weighted by atomic mass is 10.2. The van der Waals surface area contributed by atoms with Gasteiger partial charge in [0, 0.05) is 56.3 Å². The molecule has 178 valence electrons. The van der Waals surface area contributed by atoms with Crippen molar-refractivity contribution >= 4 is 23.4 Å². The van der Waals surface area contributed by atoms with Crippen molar-refractivity contribution in [1.82, 2.24) is 24.8 Å². The van der Waals surface area contributed by atoms with Crippen molar-refractivity contribution in [1.29, 1.82) is 0 Å². The van der Waals surface area contributed by atoms with Crippen molar-refractivity contribution in [3.8, 4) is 17.0 Å². The lowest BCUT2D eigenvalue weighted by Crippen LogP contribution is -2.18. The van der Waals surface area contributed by atoms with Gasteiger partial charge in [-0.25, -0.2) is 9.50 Å². The highest BCUT2D eigenvalue weighted by atomic mass is 16.5. The number of carbonyl (C=O) groups is 1. The number of ether oxygens (including phenoxy) is 1. The maximum atomic E-state index is 11.1. The van der Waals surface area contributed by atoms with Crippen LogP contribution >= 0.6 is 0 Å². The van der Waals surface area contributed by atoms with Crippen LogP contribution in [0.4, 0.5) is 11.5 Å². The molecule has 0 atom stereocenters. The smallest absolute Gasteiger partial charge is 0.170 e. The first-order valence-corrected chi connectivity index (χ1v) is 11.0. The van der Waals surface area contributed by atoms with Crippen LogP contribution in [0.25, 0.3) is 16.9 Å². The number of aromatic nitrogens is 5. The molecule has 0 bridgehead atoms. The largest absolute Gasteiger partial charge is 0.497 e. The number of H-pyrrole nitrogens is 1. The van der Waals surface area contributed by atoms with Gasteiger partial charge in [0.05, 0.1) is 19.0 Å². The predicted octanol–water partition coefficient (Wildman–Crippen LogP) is 4.31. The molecule has 5 aromatic rings. The van der Waals surface area contributed by atoms with Gasteiger partial charge in [-0.15, -0.1) is 0 Å². The molecule has 5 rings (SSSR count). The number of fused-ring (bicyclic) bond motifs is 1. The van der Waals surface area contributed by atoms with Crippen LogP contribution in [0.2, 0.25) is 0 Å². The Labute approximate surface area is 203 Å².